The molecule has 1 aliphatic rings. The third kappa shape index (κ3) is 4.22. The van der Waals surface area contributed by atoms with Gasteiger partial charge < -0.3 is 14.8 Å². The van der Waals surface area contributed by atoms with E-state index in [0.717, 1.165) is 0 Å². The SMILES string of the molecule is COc1ccc(OC)c(NC2=C(c3ccc(Cl)cc3)C(=O)N(CC(C)C)C2=O)c1. The monoisotopic (exact) mass is 414 g/mol. The summed E-state index contributed by atoms with van der Waals surface area (Å²) in [4.78, 5) is 27.5. The molecule has 2 amide bonds. The summed E-state index contributed by atoms with van der Waals surface area (Å²) < 4.78 is 10.7. The molecule has 0 saturated heterocycles. The number of ether oxygens (including phenoxy) is 2. The van der Waals surface area contributed by atoms with Crippen LogP contribution in [0.4, 0.5) is 5.69 Å². The number of rotatable bonds is 7. The fourth-order valence-corrected chi connectivity index (χ4v) is 3.28. The molecule has 0 aromatic heterocycles. The van der Waals surface area contributed by atoms with E-state index in [1.807, 2.05) is 13.8 Å². The van der Waals surface area contributed by atoms with E-state index in [1.165, 1.54) is 12.0 Å². The Labute approximate surface area is 175 Å². The Balaban J connectivity index is 2.11. The molecule has 152 valence electrons. The molecular weight excluding hydrogens is 392 g/mol. The summed E-state index contributed by atoms with van der Waals surface area (Å²) in [5.74, 6) is 0.544. The van der Waals surface area contributed by atoms with E-state index in [2.05, 4.69) is 5.32 Å². The lowest BCUT2D eigenvalue weighted by atomic mass is 10.0. The number of hydrogen-bond acceptors (Lipinski definition) is 5. The second-order valence-electron chi connectivity index (χ2n) is 7.06. The fourth-order valence-electron chi connectivity index (χ4n) is 3.15. The van der Waals surface area contributed by atoms with Crippen LogP contribution in [0.5, 0.6) is 11.5 Å². The minimum absolute atomic E-state index is 0.139. The molecule has 2 aromatic rings. The topological polar surface area (TPSA) is 67.9 Å². The molecule has 0 radical (unpaired) electrons. The molecule has 7 heteroatoms. The van der Waals surface area contributed by atoms with Crippen molar-refractivity contribution in [3.05, 3.63) is 58.7 Å². The van der Waals surface area contributed by atoms with Gasteiger partial charge in [0, 0.05) is 17.6 Å². The van der Waals surface area contributed by atoms with Gasteiger partial charge in [0.05, 0.1) is 25.5 Å². The molecule has 0 aliphatic carbocycles. The second kappa shape index (κ2) is 8.57. The van der Waals surface area contributed by atoms with Crippen molar-refractivity contribution in [2.75, 3.05) is 26.1 Å². The maximum absolute atomic E-state index is 13.1. The molecule has 6 nitrogen and oxygen atoms in total. The number of carbonyl (C=O) groups is 2. The summed E-state index contributed by atoms with van der Waals surface area (Å²) in [6.45, 7) is 4.24. The largest absolute Gasteiger partial charge is 0.497 e. The summed E-state index contributed by atoms with van der Waals surface area (Å²) in [7, 11) is 3.09. The Kier molecular flexibility index (Phi) is 6.13. The number of amides is 2. The molecule has 2 aromatic carbocycles. The Morgan fingerprint density at radius 3 is 2.28 bits per heavy atom. The number of anilines is 1. The van der Waals surface area contributed by atoms with Gasteiger partial charge in [0.2, 0.25) is 0 Å². The lowest BCUT2D eigenvalue weighted by Crippen LogP contribution is -2.35. The van der Waals surface area contributed by atoms with Crippen molar-refractivity contribution in [1.82, 2.24) is 4.90 Å². The van der Waals surface area contributed by atoms with Crippen LogP contribution in [0.2, 0.25) is 5.02 Å². The van der Waals surface area contributed by atoms with E-state index in [1.54, 1.807) is 49.6 Å². The molecular formula is C22H23ClN2O4. The molecule has 0 unspecified atom stereocenters. The third-order valence-electron chi connectivity index (χ3n) is 4.51. The van der Waals surface area contributed by atoms with E-state index in [-0.39, 0.29) is 23.4 Å². The highest BCUT2D eigenvalue weighted by atomic mass is 35.5. The number of benzene rings is 2. The van der Waals surface area contributed by atoms with Crippen LogP contribution in [0.15, 0.2) is 48.2 Å². The zero-order valence-electron chi connectivity index (χ0n) is 16.8. The van der Waals surface area contributed by atoms with Crippen molar-refractivity contribution in [2.45, 2.75) is 13.8 Å². The van der Waals surface area contributed by atoms with Crippen LogP contribution < -0.4 is 14.8 Å². The highest BCUT2D eigenvalue weighted by Crippen LogP contribution is 2.35. The summed E-state index contributed by atoms with van der Waals surface area (Å²) in [5, 5.41) is 3.66. The van der Waals surface area contributed by atoms with E-state index >= 15 is 0 Å². The molecule has 0 fully saturated rings. The van der Waals surface area contributed by atoms with Crippen molar-refractivity contribution in [3.63, 3.8) is 0 Å². The molecule has 0 bridgehead atoms. The lowest BCUT2D eigenvalue weighted by Gasteiger charge is -2.18. The van der Waals surface area contributed by atoms with Gasteiger partial charge in [-0.1, -0.05) is 37.6 Å². The van der Waals surface area contributed by atoms with Gasteiger partial charge in [-0.25, -0.2) is 0 Å². The summed E-state index contributed by atoms with van der Waals surface area (Å²) in [5.41, 5.74) is 1.64. The van der Waals surface area contributed by atoms with Gasteiger partial charge in [-0.05, 0) is 35.7 Å². The van der Waals surface area contributed by atoms with Crippen molar-refractivity contribution in [3.8, 4) is 11.5 Å². The number of methoxy groups -OCH3 is 2. The number of hydrogen-bond donors (Lipinski definition) is 1. The Bertz CT molecular complexity index is 967. The van der Waals surface area contributed by atoms with Gasteiger partial charge in [-0.2, -0.15) is 0 Å². The van der Waals surface area contributed by atoms with Crippen LogP contribution in [0, 0.1) is 5.92 Å². The van der Waals surface area contributed by atoms with Gasteiger partial charge in [0.25, 0.3) is 11.8 Å². The van der Waals surface area contributed by atoms with Crippen molar-refractivity contribution in [1.29, 1.82) is 0 Å². The van der Waals surface area contributed by atoms with Crippen LogP contribution in [0.3, 0.4) is 0 Å². The first-order chi connectivity index (χ1) is 13.8. The first-order valence-electron chi connectivity index (χ1n) is 9.21. The van der Waals surface area contributed by atoms with Gasteiger partial charge >= 0.3 is 0 Å². The van der Waals surface area contributed by atoms with E-state index in [0.29, 0.717) is 39.9 Å². The van der Waals surface area contributed by atoms with Crippen molar-refractivity contribution >= 4 is 34.7 Å². The molecule has 3 rings (SSSR count). The molecule has 0 saturated carbocycles. The Hall–Kier alpha value is -2.99. The van der Waals surface area contributed by atoms with Crippen LogP contribution in [-0.2, 0) is 9.59 Å². The Morgan fingerprint density at radius 1 is 1.00 bits per heavy atom. The quantitative estimate of drug-likeness (QED) is 0.687. The summed E-state index contributed by atoms with van der Waals surface area (Å²) >= 11 is 6.00. The molecule has 1 aliphatic heterocycles. The average Bonchev–Trinajstić information content (AvgIpc) is 2.92. The predicted molar refractivity (Wildman–Crippen MR) is 113 cm³/mol. The standard InChI is InChI=1S/C22H23ClN2O4/c1-13(2)12-25-21(26)19(14-5-7-15(23)8-6-14)20(22(25)27)24-17-11-16(28-3)9-10-18(17)29-4/h5-11,13,24H,12H2,1-4H3. The van der Waals surface area contributed by atoms with E-state index in [9.17, 15) is 9.59 Å². The maximum Gasteiger partial charge on any atom is 0.278 e. The average molecular weight is 415 g/mol. The van der Waals surface area contributed by atoms with Crippen LogP contribution in [0.1, 0.15) is 19.4 Å². The minimum Gasteiger partial charge on any atom is -0.497 e. The zero-order chi connectivity index (χ0) is 21.1. The number of nitrogens with one attached hydrogen (secondary N) is 1. The lowest BCUT2D eigenvalue weighted by molar-refractivity contribution is -0.137. The third-order valence-corrected chi connectivity index (χ3v) is 4.77. The minimum atomic E-state index is -0.376. The number of halogens is 1. The molecule has 1 N–H and O–H groups in total. The fraction of sp³-hybridized carbons (Fsp3) is 0.273. The first-order valence-corrected chi connectivity index (χ1v) is 9.59. The molecule has 0 spiro atoms. The van der Waals surface area contributed by atoms with Gasteiger partial charge in [0.1, 0.15) is 17.2 Å². The van der Waals surface area contributed by atoms with E-state index in [4.69, 9.17) is 21.1 Å². The number of nitrogens with zero attached hydrogens (tertiary/aromatic N) is 1. The normalized spacial score (nSPS) is 14.1. The molecule has 1 heterocycles. The van der Waals surface area contributed by atoms with E-state index < -0.39 is 0 Å². The first kappa shape index (κ1) is 20.7. The highest BCUT2D eigenvalue weighted by Gasteiger charge is 2.39. The van der Waals surface area contributed by atoms with Crippen molar-refractivity contribution < 1.29 is 19.1 Å². The number of carbonyl (C=O) groups excluding carboxylic acids is 2. The van der Waals surface area contributed by atoms with Crippen molar-refractivity contribution in [2.24, 2.45) is 5.92 Å². The van der Waals surface area contributed by atoms with Gasteiger partial charge in [-0.15, -0.1) is 0 Å². The molecule has 0 atom stereocenters. The van der Waals surface area contributed by atoms with Crippen LogP contribution >= 0.6 is 11.6 Å². The summed E-state index contributed by atoms with van der Waals surface area (Å²) in [6.07, 6.45) is 0. The number of imide groups is 1. The predicted octanol–water partition coefficient (Wildman–Crippen LogP) is 4.21. The van der Waals surface area contributed by atoms with Gasteiger partial charge in [0.15, 0.2) is 0 Å². The Morgan fingerprint density at radius 2 is 1.69 bits per heavy atom. The van der Waals surface area contributed by atoms with Gasteiger partial charge in [-0.3, -0.25) is 14.5 Å². The zero-order valence-corrected chi connectivity index (χ0v) is 17.5. The van der Waals surface area contributed by atoms with Crippen LogP contribution in [0.25, 0.3) is 5.57 Å². The highest BCUT2D eigenvalue weighted by molar-refractivity contribution is 6.37. The summed E-state index contributed by atoms with van der Waals surface area (Å²) in [6, 6.07) is 12.0. The van der Waals surface area contributed by atoms with Crippen LogP contribution in [-0.4, -0.2) is 37.5 Å². The smallest absolute Gasteiger partial charge is 0.278 e. The maximum atomic E-state index is 13.1. The second-order valence-corrected chi connectivity index (χ2v) is 7.50. The molecule has 29 heavy (non-hydrogen) atoms.